The van der Waals surface area contributed by atoms with Crippen LogP contribution in [-0.2, 0) is 6.54 Å². The predicted molar refractivity (Wildman–Crippen MR) is 69.6 cm³/mol. The SMILES string of the molecule is CCC(C)N(C)c1ccc2c(n1)OCCNC2. The minimum absolute atomic E-state index is 0.490. The Labute approximate surface area is 103 Å². The molecule has 0 spiro atoms. The predicted octanol–water partition coefficient (Wildman–Crippen LogP) is 1.80. The molecule has 1 unspecified atom stereocenters. The number of pyridine rings is 1. The highest BCUT2D eigenvalue weighted by atomic mass is 16.5. The molecule has 1 aliphatic rings. The Hall–Kier alpha value is -1.29. The van der Waals surface area contributed by atoms with Gasteiger partial charge in [-0.05, 0) is 25.5 Å². The minimum Gasteiger partial charge on any atom is -0.476 e. The number of rotatable bonds is 3. The number of hydrogen-bond donors (Lipinski definition) is 1. The summed E-state index contributed by atoms with van der Waals surface area (Å²) in [6, 6.07) is 4.67. The molecule has 1 aliphatic heterocycles. The van der Waals surface area contributed by atoms with Crippen LogP contribution in [0.4, 0.5) is 5.82 Å². The van der Waals surface area contributed by atoms with Crippen LogP contribution < -0.4 is 15.0 Å². The van der Waals surface area contributed by atoms with E-state index in [0.29, 0.717) is 12.6 Å². The number of aromatic nitrogens is 1. The maximum Gasteiger partial charge on any atom is 0.219 e. The first-order valence-electron chi connectivity index (χ1n) is 6.28. The summed E-state index contributed by atoms with van der Waals surface area (Å²) in [5, 5.41) is 3.31. The molecule has 0 aliphatic carbocycles. The molecular formula is C13H21N3O. The number of nitrogens with zero attached hydrogens (tertiary/aromatic N) is 2. The first kappa shape index (κ1) is 12.2. The highest BCUT2D eigenvalue weighted by Gasteiger charge is 2.14. The average Bonchev–Trinajstić information content (AvgIpc) is 2.61. The van der Waals surface area contributed by atoms with Gasteiger partial charge in [-0.25, -0.2) is 0 Å². The second kappa shape index (κ2) is 5.36. The fourth-order valence-corrected chi connectivity index (χ4v) is 1.86. The van der Waals surface area contributed by atoms with Crippen molar-refractivity contribution in [3.05, 3.63) is 17.7 Å². The smallest absolute Gasteiger partial charge is 0.219 e. The summed E-state index contributed by atoms with van der Waals surface area (Å²) in [4.78, 5) is 6.80. The van der Waals surface area contributed by atoms with E-state index in [2.05, 4.69) is 48.2 Å². The Morgan fingerprint density at radius 3 is 3.12 bits per heavy atom. The molecule has 4 heteroatoms. The van der Waals surface area contributed by atoms with Gasteiger partial charge in [0.2, 0.25) is 5.88 Å². The summed E-state index contributed by atoms with van der Waals surface area (Å²) in [5.41, 5.74) is 1.14. The summed E-state index contributed by atoms with van der Waals surface area (Å²) in [6.45, 7) is 6.81. The second-order valence-corrected chi connectivity index (χ2v) is 4.53. The monoisotopic (exact) mass is 235 g/mol. The van der Waals surface area contributed by atoms with Crippen molar-refractivity contribution < 1.29 is 4.74 Å². The number of hydrogen-bond acceptors (Lipinski definition) is 4. The van der Waals surface area contributed by atoms with Crippen molar-refractivity contribution in [3.63, 3.8) is 0 Å². The molecule has 1 atom stereocenters. The second-order valence-electron chi connectivity index (χ2n) is 4.53. The molecular weight excluding hydrogens is 214 g/mol. The number of nitrogens with one attached hydrogen (secondary N) is 1. The molecule has 1 N–H and O–H groups in total. The molecule has 0 fully saturated rings. The fourth-order valence-electron chi connectivity index (χ4n) is 1.86. The first-order chi connectivity index (χ1) is 8.22. The Balaban J connectivity index is 2.23. The quantitative estimate of drug-likeness (QED) is 0.867. The van der Waals surface area contributed by atoms with Gasteiger partial charge >= 0.3 is 0 Å². The highest BCUT2D eigenvalue weighted by molar-refractivity contribution is 5.44. The largest absolute Gasteiger partial charge is 0.476 e. The van der Waals surface area contributed by atoms with Crippen molar-refractivity contribution in [2.45, 2.75) is 32.9 Å². The summed E-state index contributed by atoms with van der Waals surface area (Å²) < 4.78 is 5.65. The van der Waals surface area contributed by atoms with Gasteiger partial charge in [-0.2, -0.15) is 4.98 Å². The van der Waals surface area contributed by atoms with E-state index in [1.807, 2.05) is 0 Å². The zero-order valence-corrected chi connectivity index (χ0v) is 10.9. The van der Waals surface area contributed by atoms with Gasteiger partial charge < -0.3 is 15.0 Å². The van der Waals surface area contributed by atoms with Crippen molar-refractivity contribution in [1.82, 2.24) is 10.3 Å². The maximum atomic E-state index is 5.65. The van der Waals surface area contributed by atoms with E-state index < -0.39 is 0 Å². The van der Waals surface area contributed by atoms with Gasteiger partial charge in [-0.15, -0.1) is 0 Å². The van der Waals surface area contributed by atoms with Crippen molar-refractivity contribution in [3.8, 4) is 5.88 Å². The van der Waals surface area contributed by atoms with Gasteiger partial charge in [0.15, 0.2) is 0 Å². The van der Waals surface area contributed by atoms with Crippen LogP contribution in [0, 0.1) is 0 Å². The molecule has 0 amide bonds. The number of ether oxygens (including phenoxy) is 1. The lowest BCUT2D eigenvalue weighted by molar-refractivity contribution is 0.314. The Morgan fingerprint density at radius 2 is 2.35 bits per heavy atom. The summed E-state index contributed by atoms with van der Waals surface area (Å²) in [6.07, 6.45) is 1.11. The van der Waals surface area contributed by atoms with Gasteiger partial charge in [0.25, 0.3) is 0 Å². The topological polar surface area (TPSA) is 37.4 Å². The van der Waals surface area contributed by atoms with Crippen LogP contribution in [0.25, 0.3) is 0 Å². The van der Waals surface area contributed by atoms with Gasteiger partial charge in [0.1, 0.15) is 12.4 Å². The highest BCUT2D eigenvalue weighted by Crippen LogP contribution is 2.23. The number of anilines is 1. The van der Waals surface area contributed by atoms with Gasteiger partial charge in [-0.3, -0.25) is 0 Å². The molecule has 0 aromatic carbocycles. The third-order valence-electron chi connectivity index (χ3n) is 3.37. The van der Waals surface area contributed by atoms with Crippen LogP contribution >= 0.6 is 0 Å². The van der Waals surface area contributed by atoms with E-state index in [-0.39, 0.29) is 0 Å². The van der Waals surface area contributed by atoms with Crippen molar-refractivity contribution in [1.29, 1.82) is 0 Å². The molecule has 0 bridgehead atoms. The van der Waals surface area contributed by atoms with Crippen LogP contribution in [0.15, 0.2) is 12.1 Å². The normalized spacial score (nSPS) is 16.6. The zero-order valence-electron chi connectivity index (χ0n) is 10.9. The summed E-state index contributed by atoms with van der Waals surface area (Å²) in [7, 11) is 2.08. The van der Waals surface area contributed by atoms with E-state index in [9.17, 15) is 0 Å². The van der Waals surface area contributed by atoms with Gasteiger partial charge in [-0.1, -0.05) is 6.92 Å². The molecule has 4 nitrogen and oxygen atoms in total. The molecule has 2 rings (SSSR count). The Morgan fingerprint density at radius 1 is 1.53 bits per heavy atom. The van der Waals surface area contributed by atoms with Crippen LogP contribution in [0.3, 0.4) is 0 Å². The maximum absolute atomic E-state index is 5.65. The summed E-state index contributed by atoms with van der Waals surface area (Å²) in [5.74, 6) is 1.77. The first-order valence-corrected chi connectivity index (χ1v) is 6.28. The summed E-state index contributed by atoms with van der Waals surface area (Å²) >= 11 is 0. The van der Waals surface area contributed by atoms with Crippen LogP contribution in [-0.4, -0.2) is 31.2 Å². The van der Waals surface area contributed by atoms with Gasteiger partial charge in [0.05, 0.1) is 0 Å². The minimum atomic E-state index is 0.490. The fraction of sp³-hybridized carbons (Fsp3) is 0.615. The molecule has 17 heavy (non-hydrogen) atoms. The van der Waals surface area contributed by atoms with E-state index in [1.54, 1.807) is 0 Å². The third kappa shape index (κ3) is 2.69. The van der Waals surface area contributed by atoms with Crippen LogP contribution in [0.2, 0.25) is 0 Å². The van der Waals surface area contributed by atoms with Crippen molar-refractivity contribution in [2.24, 2.45) is 0 Å². The molecule has 0 radical (unpaired) electrons. The average molecular weight is 235 g/mol. The van der Waals surface area contributed by atoms with E-state index >= 15 is 0 Å². The number of fused-ring (bicyclic) bond motifs is 1. The lowest BCUT2D eigenvalue weighted by Crippen LogP contribution is -2.28. The third-order valence-corrected chi connectivity index (χ3v) is 3.37. The molecule has 2 heterocycles. The van der Waals surface area contributed by atoms with E-state index in [1.165, 1.54) is 0 Å². The molecule has 1 aromatic heterocycles. The molecule has 0 saturated carbocycles. The Kier molecular flexibility index (Phi) is 3.84. The molecule has 1 aromatic rings. The van der Waals surface area contributed by atoms with Crippen LogP contribution in [0.5, 0.6) is 5.88 Å². The van der Waals surface area contributed by atoms with E-state index in [4.69, 9.17) is 4.74 Å². The molecule has 0 saturated heterocycles. The lowest BCUT2D eigenvalue weighted by atomic mass is 10.2. The lowest BCUT2D eigenvalue weighted by Gasteiger charge is -2.25. The van der Waals surface area contributed by atoms with Gasteiger partial charge in [0, 0.05) is 31.7 Å². The molecule has 94 valence electrons. The van der Waals surface area contributed by atoms with Crippen molar-refractivity contribution in [2.75, 3.05) is 25.1 Å². The Bertz CT molecular complexity index is 381. The van der Waals surface area contributed by atoms with Crippen LogP contribution in [0.1, 0.15) is 25.8 Å². The van der Waals surface area contributed by atoms with E-state index in [0.717, 1.165) is 36.8 Å². The standard InChI is InChI=1S/C13H21N3O/c1-4-10(2)16(3)12-6-5-11-9-14-7-8-17-13(11)15-12/h5-6,10,14H,4,7-9H2,1-3H3. The zero-order chi connectivity index (χ0) is 12.3. The van der Waals surface area contributed by atoms with Crippen molar-refractivity contribution >= 4 is 5.82 Å².